The summed E-state index contributed by atoms with van der Waals surface area (Å²) in [5.74, 6) is 1.02. The fourth-order valence-electron chi connectivity index (χ4n) is 7.92. The van der Waals surface area contributed by atoms with Gasteiger partial charge in [-0.25, -0.2) is 11.2 Å². The zero-order valence-electron chi connectivity index (χ0n) is 37.4. The molecule has 0 saturated carbocycles. The second-order valence-corrected chi connectivity index (χ2v) is 17.0. The summed E-state index contributed by atoms with van der Waals surface area (Å²) >= 11 is 0. The van der Waals surface area contributed by atoms with E-state index in [4.69, 9.17) is 44.0 Å². The number of carbonyl (C=O) groups excluding carboxylic acids is 1. The van der Waals surface area contributed by atoms with Gasteiger partial charge in [-0.15, -0.1) is 0 Å². The normalized spacial score (nSPS) is 19.6. The number of methoxy groups -OCH3 is 2. The lowest BCUT2D eigenvalue weighted by atomic mass is 9.80. The Morgan fingerprint density at radius 3 is 1.82 bits per heavy atom. The minimum atomic E-state index is -1.41. The van der Waals surface area contributed by atoms with E-state index in [-0.39, 0.29) is 69.1 Å². The Labute approximate surface area is 369 Å². The third kappa shape index (κ3) is 12.4. The minimum Gasteiger partial charge on any atom is -0.497 e. The van der Waals surface area contributed by atoms with Crippen LogP contribution in [0.4, 0.5) is 0 Å². The summed E-state index contributed by atoms with van der Waals surface area (Å²) < 4.78 is 52.6. The van der Waals surface area contributed by atoms with Crippen LogP contribution in [-0.4, -0.2) is 101 Å². The maximum absolute atomic E-state index is 13.7. The van der Waals surface area contributed by atoms with Crippen molar-refractivity contribution in [3.8, 4) is 11.5 Å². The predicted octanol–water partition coefficient (Wildman–Crippen LogP) is 9.28. The molecule has 1 heterocycles. The molecule has 0 radical (unpaired) electrons. The van der Waals surface area contributed by atoms with Gasteiger partial charge in [-0.05, 0) is 87.2 Å². The van der Waals surface area contributed by atoms with Crippen LogP contribution in [0.2, 0.25) is 0 Å². The molecule has 62 heavy (non-hydrogen) atoms. The van der Waals surface area contributed by atoms with Crippen LogP contribution in [0.3, 0.4) is 0 Å². The van der Waals surface area contributed by atoms with Crippen LogP contribution < -0.4 is 14.8 Å². The Bertz CT molecular complexity index is 1890. The summed E-state index contributed by atoms with van der Waals surface area (Å²) in [7, 11) is 1.88. The third-order valence-corrected chi connectivity index (χ3v) is 13.0. The van der Waals surface area contributed by atoms with Gasteiger partial charge in [-0.2, -0.15) is 0 Å². The first-order chi connectivity index (χ1) is 30.1. The molecular weight excluding hydrogens is 806 g/mol. The van der Waals surface area contributed by atoms with Crippen LogP contribution in [-0.2, 0) is 33.6 Å². The highest BCUT2D eigenvalue weighted by Crippen LogP contribution is 2.46. The van der Waals surface area contributed by atoms with Crippen LogP contribution in [0.15, 0.2) is 109 Å². The Balaban J connectivity index is 1.36. The lowest BCUT2D eigenvalue weighted by molar-refractivity contribution is -0.262. The van der Waals surface area contributed by atoms with Crippen molar-refractivity contribution < 1.29 is 42.3 Å². The Kier molecular flexibility index (Phi) is 19.2. The van der Waals surface area contributed by atoms with Crippen molar-refractivity contribution in [3.05, 3.63) is 143 Å². The van der Waals surface area contributed by atoms with Crippen LogP contribution in [0, 0.1) is 12.5 Å². The van der Waals surface area contributed by atoms with E-state index < -0.39 is 26.5 Å². The standard InChI is InChI=1S/C49H64N3O9P/c1-10-44-46(56-32-34-60-62(59-30-29-50-7)52(35(2)3)36(4)5)37(6)45(51-47(53)38-17-13-11-14-18-38)48(61-44)57-31-33-58-49(39-19-15-12-16-20-39,40-21-25-42(54-8)26-22-40)41-23-27-43(55-9)28-24-41/h11-28,35-37,44-46,48H,10,29-34H2,1-6,8-9H3,(H,51,53). The van der Waals surface area contributed by atoms with E-state index in [1.165, 1.54) is 0 Å². The molecule has 6 unspecified atom stereocenters. The van der Waals surface area contributed by atoms with Gasteiger partial charge in [0.15, 0.2) is 6.29 Å². The molecule has 1 amide bonds. The van der Waals surface area contributed by atoms with Crippen molar-refractivity contribution in [3.63, 3.8) is 0 Å². The Morgan fingerprint density at radius 2 is 1.29 bits per heavy atom. The maximum Gasteiger partial charge on any atom is 0.259 e. The number of hydrogen-bond acceptors (Lipinski definition) is 10. The zero-order valence-corrected chi connectivity index (χ0v) is 38.3. The molecule has 0 bridgehead atoms. The lowest BCUT2D eigenvalue weighted by Crippen LogP contribution is -2.61. The van der Waals surface area contributed by atoms with E-state index in [1.807, 2.05) is 84.9 Å². The first kappa shape index (κ1) is 48.6. The fourth-order valence-corrected chi connectivity index (χ4v) is 9.48. The number of carbonyl (C=O) groups is 1. The molecule has 4 aromatic rings. The molecule has 0 aliphatic carbocycles. The lowest BCUT2D eigenvalue weighted by Gasteiger charge is -2.45. The van der Waals surface area contributed by atoms with Crippen molar-refractivity contribution in [2.24, 2.45) is 5.92 Å². The summed E-state index contributed by atoms with van der Waals surface area (Å²) in [6.07, 6.45) is -0.859. The smallest absolute Gasteiger partial charge is 0.259 e. The molecule has 13 heteroatoms. The zero-order chi connectivity index (χ0) is 44.5. The molecule has 6 atom stereocenters. The summed E-state index contributed by atoms with van der Waals surface area (Å²) in [5, 5.41) is 3.23. The number of rotatable bonds is 24. The Hall–Kier alpha value is -4.41. The van der Waals surface area contributed by atoms with Crippen LogP contribution in [0.25, 0.3) is 4.85 Å². The van der Waals surface area contributed by atoms with E-state index in [2.05, 4.69) is 68.5 Å². The van der Waals surface area contributed by atoms with Crippen molar-refractivity contribution in [2.75, 3.05) is 53.8 Å². The van der Waals surface area contributed by atoms with Crippen LogP contribution >= 0.6 is 8.53 Å². The summed E-state index contributed by atoms with van der Waals surface area (Å²) in [4.78, 5) is 17.2. The molecule has 1 fully saturated rings. The van der Waals surface area contributed by atoms with Crippen molar-refractivity contribution in [2.45, 2.75) is 90.2 Å². The van der Waals surface area contributed by atoms with E-state index in [9.17, 15) is 4.79 Å². The molecule has 12 nitrogen and oxygen atoms in total. The van der Waals surface area contributed by atoms with Gasteiger partial charge in [0, 0.05) is 23.6 Å². The van der Waals surface area contributed by atoms with Crippen LogP contribution in [0.5, 0.6) is 11.5 Å². The van der Waals surface area contributed by atoms with E-state index in [1.54, 1.807) is 26.4 Å². The van der Waals surface area contributed by atoms with Gasteiger partial charge in [-0.1, -0.05) is 86.6 Å². The van der Waals surface area contributed by atoms with Gasteiger partial charge in [-0.3, -0.25) is 4.79 Å². The van der Waals surface area contributed by atoms with Gasteiger partial charge in [0.1, 0.15) is 23.7 Å². The number of amides is 1. The first-order valence-electron chi connectivity index (χ1n) is 21.5. The molecule has 1 N–H and O–H groups in total. The van der Waals surface area contributed by atoms with Gasteiger partial charge in [0.05, 0.1) is 58.9 Å². The molecule has 0 spiro atoms. The first-order valence-corrected chi connectivity index (χ1v) is 22.6. The quantitative estimate of drug-likeness (QED) is 0.0317. The van der Waals surface area contributed by atoms with E-state index in [0.717, 1.165) is 28.2 Å². The average molecular weight is 870 g/mol. The molecule has 0 aromatic heterocycles. The van der Waals surface area contributed by atoms with Crippen LogP contribution in [0.1, 0.15) is 75.0 Å². The van der Waals surface area contributed by atoms with Gasteiger partial charge in [0.2, 0.25) is 6.54 Å². The average Bonchev–Trinajstić information content (AvgIpc) is 3.29. The maximum atomic E-state index is 13.7. The van der Waals surface area contributed by atoms with Crippen molar-refractivity contribution in [1.82, 2.24) is 9.99 Å². The van der Waals surface area contributed by atoms with Gasteiger partial charge < -0.3 is 47.6 Å². The predicted molar refractivity (Wildman–Crippen MR) is 242 cm³/mol. The topological polar surface area (TPSA) is 111 Å². The number of nitrogens with zero attached hydrogens (tertiary/aromatic N) is 2. The second kappa shape index (κ2) is 24.4. The number of ether oxygens (including phenoxy) is 6. The summed E-state index contributed by atoms with van der Waals surface area (Å²) in [6.45, 7) is 21.2. The molecule has 5 rings (SSSR count). The second-order valence-electron chi connectivity index (χ2n) is 15.6. The molecule has 1 aliphatic heterocycles. The van der Waals surface area contributed by atoms with Crippen molar-refractivity contribution in [1.29, 1.82) is 0 Å². The fraction of sp³-hybridized carbons (Fsp3) is 0.469. The highest BCUT2D eigenvalue weighted by Gasteiger charge is 2.45. The molecule has 4 aromatic carbocycles. The van der Waals surface area contributed by atoms with E-state index >= 15 is 0 Å². The SMILES string of the molecule is [C-]#[N+]CCOP(OCCOC1C(CC)OC(OCCOC(c2ccccc2)(c2ccc(OC)cc2)c2ccc(OC)cc2)C(NC(=O)c2ccccc2)C1C)N(C(C)C)C(C)C. The van der Waals surface area contributed by atoms with Gasteiger partial charge in [0.25, 0.3) is 14.4 Å². The molecule has 1 saturated heterocycles. The molecular formula is C49H64N3O9P. The molecule has 334 valence electrons. The monoisotopic (exact) mass is 869 g/mol. The summed E-state index contributed by atoms with van der Waals surface area (Å²) in [5.41, 5.74) is 2.25. The Morgan fingerprint density at radius 1 is 0.758 bits per heavy atom. The number of benzene rings is 4. The highest BCUT2D eigenvalue weighted by atomic mass is 31.2. The minimum absolute atomic E-state index is 0.158. The van der Waals surface area contributed by atoms with Crippen molar-refractivity contribution >= 4 is 14.4 Å². The highest BCUT2D eigenvalue weighted by molar-refractivity contribution is 7.44. The third-order valence-electron chi connectivity index (χ3n) is 10.9. The number of hydrogen-bond donors (Lipinski definition) is 1. The largest absolute Gasteiger partial charge is 0.497 e. The number of nitrogens with one attached hydrogen (secondary N) is 1. The molecule has 1 aliphatic rings. The van der Waals surface area contributed by atoms with Gasteiger partial charge >= 0.3 is 0 Å². The summed E-state index contributed by atoms with van der Waals surface area (Å²) in [6, 6.07) is 34.8. The van der Waals surface area contributed by atoms with E-state index in [0.29, 0.717) is 18.6 Å².